The van der Waals surface area contributed by atoms with Crippen molar-refractivity contribution in [1.29, 1.82) is 0 Å². The van der Waals surface area contributed by atoms with E-state index in [1.807, 2.05) is 125 Å². The van der Waals surface area contributed by atoms with Gasteiger partial charge >= 0.3 is 5.97 Å². The van der Waals surface area contributed by atoms with Crippen molar-refractivity contribution in [3.8, 4) is 22.6 Å². The molecule has 5 heterocycles. The first-order valence-corrected chi connectivity index (χ1v) is 22.5. The average Bonchev–Trinajstić information content (AvgIpc) is 3.91. The van der Waals surface area contributed by atoms with Crippen molar-refractivity contribution in [3.05, 3.63) is 157 Å². The minimum atomic E-state index is -1.11. The van der Waals surface area contributed by atoms with E-state index in [9.17, 15) is 9.90 Å². The third-order valence-corrected chi connectivity index (χ3v) is 13.5. The summed E-state index contributed by atoms with van der Waals surface area (Å²) in [5.74, 6) is -0.0686. The van der Waals surface area contributed by atoms with Gasteiger partial charge in [0.1, 0.15) is 29.5 Å². The second-order valence-corrected chi connectivity index (χ2v) is 17.9. The molecule has 0 saturated heterocycles. The van der Waals surface area contributed by atoms with Gasteiger partial charge in [0, 0.05) is 58.4 Å². The first-order chi connectivity index (χ1) is 31.2. The van der Waals surface area contributed by atoms with Crippen molar-refractivity contribution in [3.63, 3.8) is 0 Å². The molecule has 1 unspecified atom stereocenters. The monoisotopic (exact) mass is 908 g/mol. The summed E-state index contributed by atoms with van der Waals surface area (Å²) in [7, 11) is 1.92. The van der Waals surface area contributed by atoms with E-state index in [4.69, 9.17) is 37.8 Å². The number of hydrogen-bond donors (Lipinski definition) is 1. The predicted octanol–water partition coefficient (Wildman–Crippen LogP) is 11.8. The fourth-order valence-electron chi connectivity index (χ4n) is 9.54. The topological polar surface area (TPSA) is 117 Å². The fraction of sp³-hybridized carbons (Fsp3) is 0.269. The molecule has 1 amide bonds. The molecule has 9 rings (SSSR count). The molecular formula is C52H50Cl2N6O5. The Morgan fingerprint density at radius 2 is 1.63 bits per heavy atom. The van der Waals surface area contributed by atoms with Crippen LogP contribution in [0, 0.1) is 34.6 Å². The van der Waals surface area contributed by atoms with Gasteiger partial charge in [-0.05, 0) is 131 Å². The molecule has 8 aromatic rings. The highest BCUT2D eigenvalue weighted by Gasteiger charge is 2.38. The number of pyridine rings is 1. The van der Waals surface area contributed by atoms with Crippen LogP contribution in [-0.2, 0) is 26.6 Å². The number of carboxylic acid groups (broad SMARTS) is 1. The summed E-state index contributed by atoms with van der Waals surface area (Å²) in [4.78, 5) is 35.3. The van der Waals surface area contributed by atoms with Gasteiger partial charge in [0.15, 0.2) is 0 Å². The van der Waals surface area contributed by atoms with Crippen molar-refractivity contribution >= 4 is 62.6 Å². The van der Waals surface area contributed by atoms with Crippen LogP contribution >= 0.6 is 23.2 Å². The molecule has 13 heteroatoms. The van der Waals surface area contributed by atoms with E-state index in [2.05, 4.69) is 16.5 Å². The Hall–Kier alpha value is -6.56. The number of benzene rings is 4. The zero-order chi connectivity index (χ0) is 45.8. The van der Waals surface area contributed by atoms with Gasteiger partial charge in [0.2, 0.25) is 0 Å². The van der Waals surface area contributed by atoms with Crippen molar-refractivity contribution < 1.29 is 24.2 Å². The summed E-state index contributed by atoms with van der Waals surface area (Å²) in [6.07, 6.45) is 2.87. The van der Waals surface area contributed by atoms with Crippen LogP contribution in [-0.4, -0.2) is 54.0 Å². The number of carbonyl (C=O) groups is 2. The zero-order valence-corrected chi connectivity index (χ0v) is 39.0. The normalized spacial score (nSPS) is 13.8. The number of aryl methyl sites for hydroxylation is 6. The van der Waals surface area contributed by atoms with Crippen molar-refractivity contribution in [2.24, 2.45) is 7.05 Å². The maximum Gasteiger partial charge on any atom is 0.352 e. The van der Waals surface area contributed by atoms with Crippen molar-refractivity contribution in [2.75, 3.05) is 18.1 Å². The van der Waals surface area contributed by atoms with Crippen LogP contribution in [0.3, 0.4) is 0 Å². The average molecular weight is 910 g/mol. The molecule has 0 bridgehead atoms. The van der Waals surface area contributed by atoms with Gasteiger partial charge in [-0.3, -0.25) is 14.5 Å². The van der Waals surface area contributed by atoms with Crippen LogP contribution in [0.4, 0.5) is 5.69 Å². The van der Waals surface area contributed by atoms with E-state index in [0.29, 0.717) is 64.7 Å². The van der Waals surface area contributed by atoms with E-state index >= 15 is 4.79 Å². The SMILES string of the molecule is Cc1ccnc(Cn2c(C(=O)O)cc3c(OCc4ccccc4)ccc(N4CC(C)n5c(c(CCCOc6cc(C)c(Cl)c(C)c6)c6ccc(Cl)c(-c7c(C)nn(C)c7C)c65)C4=O)c32)c1. The van der Waals surface area contributed by atoms with Gasteiger partial charge in [0.25, 0.3) is 5.91 Å². The Morgan fingerprint density at radius 1 is 0.877 bits per heavy atom. The zero-order valence-electron chi connectivity index (χ0n) is 37.5. The van der Waals surface area contributed by atoms with Crippen LogP contribution < -0.4 is 14.4 Å². The standard InChI is InChI=1S/C52H50Cl2N6O5/c1-29-19-20-55-36(22-29)27-58-43(52(62)63)25-40-44(65-28-35-12-9-8-10-13-35)18-17-42(48(40)58)59-26-32(4)60-49-39(15-16-41(53)46(49)45-33(5)56-57(7)34(45)6)38(50(60)51(59)61)14-11-21-64-37-23-30(2)47(54)31(3)24-37/h8-10,12-13,15-20,22-25,32H,11,14,21,26-28H2,1-7H3,(H,62,63). The first-order valence-electron chi connectivity index (χ1n) is 21.8. The lowest BCUT2D eigenvalue weighted by atomic mass is 9.98. The Kier molecular flexibility index (Phi) is 11.7. The summed E-state index contributed by atoms with van der Waals surface area (Å²) in [5, 5.41) is 18.3. The van der Waals surface area contributed by atoms with Crippen LogP contribution in [0.2, 0.25) is 10.0 Å². The number of amides is 1. The molecule has 332 valence electrons. The van der Waals surface area contributed by atoms with Gasteiger partial charge in [-0.2, -0.15) is 5.10 Å². The number of rotatable bonds is 13. The Bertz CT molecular complexity index is 3160. The number of carbonyl (C=O) groups excluding carboxylic acids is 1. The molecule has 4 aromatic heterocycles. The van der Waals surface area contributed by atoms with Gasteiger partial charge in [-0.15, -0.1) is 0 Å². The molecule has 1 aliphatic rings. The van der Waals surface area contributed by atoms with E-state index in [1.165, 1.54) is 0 Å². The van der Waals surface area contributed by atoms with Crippen molar-refractivity contribution in [2.45, 2.75) is 73.6 Å². The number of fused-ring (bicyclic) bond motifs is 4. The molecule has 1 aliphatic heterocycles. The molecule has 1 atom stereocenters. The number of ether oxygens (including phenoxy) is 2. The molecule has 0 spiro atoms. The summed E-state index contributed by atoms with van der Waals surface area (Å²) >= 11 is 13.7. The number of nitrogens with zero attached hydrogens (tertiary/aromatic N) is 6. The van der Waals surface area contributed by atoms with E-state index in [1.54, 1.807) is 21.7 Å². The third kappa shape index (κ3) is 7.91. The number of hydrogen-bond acceptors (Lipinski definition) is 6. The smallest absolute Gasteiger partial charge is 0.352 e. The van der Waals surface area contributed by atoms with Crippen LogP contribution in [0.15, 0.2) is 91.1 Å². The lowest BCUT2D eigenvalue weighted by molar-refractivity contribution is 0.0686. The number of aromatic nitrogens is 5. The highest BCUT2D eigenvalue weighted by Crippen LogP contribution is 2.46. The third-order valence-electron chi connectivity index (χ3n) is 12.6. The maximum absolute atomic E-state index is 15.7. The number of aromatic carboxylic acids is 1. The quantitative estimate of drug-likeness (QED) is 0.115. The van der Waals surface area contributed by atoms with Crippen LogP contribution in [0.25, 0.3) is 32.9 Å². The second kappa shape index (κ2) is 17.4. The Labute approximate surface area is 387 Å². The van der Waals surface area contributed by atoms with Crippen LogP contribution in [0.1, 0.15) is 85.3 Å². The highest BCUT2D eigenvalue weighted by molar-refractivity contribution is 6.35. The minimum absolute atomic E-state index is 0.0557. The molecule has 0 saturated carbocycles. The lowest BCUT2D eigenvalue weighted by Crippen LogP contribution is -2.43. The maximum atomic E-state index is 15.7. The van der Waals surface area contributed by atoms with Gasteiger partial charge in [-0.25, -0.2) is 4.79 Å². The number of anilines is 1. The van der Waals surface area contributed by atoms with Crippen LogP contribution in [0.5, 0.6) is 11.5 Å². The number of halogens is 2. The minimum Gasteiger partial charge on any atom is -0.494 e. The van der Waals surface area contributed by atoms with E-state index < -0.39 is 5.97 Å². The fourth-order valence-corrected chi connectivity index (χ4v) is 9.90. The van der Waals surface area contributed by atoms with Gasteiger partial charge in [0.05, 0.1) is 46.3 Å². The van der Waals surface area contributed by atoms with E-state index in [0.717, 1.165) is 72.0 Å². The first kappa shape index (κ1) is 43.7. The molecule has 65 heavy (non-hydrogen) atoms. The van der Waals surface area contributed by atoms with Gasteiger partial charge < -0.3 is 28.6 Å². The Balaban J connectivity index is 1.21. The summed E-state index contributed by atoms with van der Waals surface area (Å²) < 4.78 is 18.5. The highest BCUT2D eigenvalue weighted by atomic mass is 35.5. The Morgan fingerprint density at radius 3 is 2.32 bits per heavy atom. The molecule has 4 aromatic carbocycles. The molecule has 0 aliphatic carbocycles. The summed E-state index contributed by atoms with van der Waals surface area (Å²) in [6, 6.07) is 26.6. The number of carboxylic acids is 1. The largest absolute Gasteiger partial charge is 0.494 e. The van der Waals surface area contributed by atoms with E-state index in [-0.39, 0.29) is 30.8 Å². The van der Waals surface area contributed by atoms with Crippen molar-refractivity contribution in [1.82, 2.24) is 23.9 Å². The lowest BCUT2D eigenvalue weighted by Gasteiger charge is -2.35. The molecular weight excluding hydrogens is 860 g/mol. The molecule has 0 radical (unpaired) electrons. The molecule has 0 fully saturated rings. The molecule has 1 N–H and O–H groups in total. The molecule has 11 nitrogen and oxygen atoms in total. The predicted molar refractivity (Wildman–Crippen MR) is 258 cm³/mol. The second-order valence-electron chi connectivity index (χ2n) is 17.1. The van der Waals surface area contributed by atoms with Gasteiger partial charge in [-0.1, -0.05) is 59.6 Å². The summed E-state index contributed by atoms with van der Waals surface area (Å²) in [5.41, 5.74) is 11.6. The summed E-state index contributed by atoms with van der Waals surface area (Å²) in [6.45, 7) is 13.2.